The van der Waals surface area contributed by atoms with Crippen molar-refractivity contribution in [2.75, 3.05) is 10.6 Å². The highest BCUT2D eigenvalue weighted by molar-refractivity contribution is 8.00. The summed E-state index contributed by atoms with van der Waals surface area (Å²) in [5.74, 6) is -0.333. The van der Waals surface area contributed by atoms with E-state index in [1.807, 2.05) is 117 Å². The van der Waals surface area contributed by atoms with Gasteiger partial charge in [-0.05, 0) is 49.7 Å². The standard InChI is InChI=1S/C32H27N3O2S2/c1-21-11-9-16-25(19-21)30(36)33-26-17-10-18-27(20-26)39-29(24-14-7-4-8-15-24)31(37)35-32-34-28(22(2)38-32)23-12-5-3-6-13-23/h3-20,29H,1-2H3,(H,33,36)(H,34,35,37). The topological polar surface area (TPSA) is 71.1 Å². The van der Waals surface area contributed by atoms with Crippen LogP contribution < -0.4 is 10.6 Å². The third-order valence-electron chi connectivity index (χ3n) is 6.04. The zero-order chi connectivity index (χ0) is 27.2. The molecule has 194 valence electrons. The van der Waals surface area contributed by atoms with E-state index < -0.39 is 5.25 Å². The number of anilines is 2. The van der Waals surface area contributed by atoms with Crippen molar-refractivity contribution >= 4 is 45.7 Å². The lowest BCUT2D eigenvalue weighted by atomic mass is 10.1. The van der Waals surface area contributed by atoms with Crippen LogP contribution >= 0.6 is 23.1 Å². The van der Waals surface area contributed by atoms with Crippen molar-refractivity contribution in [3.05, 3.63) is 131 Å². The average Bonchev–Trinajstić information content (AvgIpc) is 3.32. The van der Waals surface area contributed by atoms with Crippen LogP contribution in [0.4, 0.5) is 10.8 Å². The Morgan fingerprint density at radius 2 is 1.51 bits per heavy atom. The van der Waals surface area contributed by atoms with E-state index in [-0.39, 0.29) is 11.8 Å². The largest absolute Gasteiger partial charge is 0.322 e. The Balaban J connectivity index is 1.36. The maximum absolute atomic E-state index is 13.6. The molecule has 0 saturated heterocycles. The number of aromatic nitrogens is 1. The number of benzene rings is 4. The number of thioether (sulfide) groups is 1. The molecular formula is C32H27N3O2S2. The van der Waals surface area contributed by atoms with E-state index in [0.29, 0.717) is 16.4 Å². The maximum Gasteiger partial charge on any atom is 0.255 e. The number of carbonyl (C=O) groups excluding carboxylic acids is 2. The van der Waals surface area contributed by atoms with Crippen LogP contribution in [-0.2, 0) is 4.79 Å². The zero-order valence-electron chi connectivity index (χ0n) is 21.5. The van der Waals surface area contributed by atoms with Gasteiger partial charge in [0.1, 0.15) is 5.25 Å². The first-order valence-electron chi connectivity index (χ1n) is 12.5. The first kappa shape index (κ1) is 26.4. The van der Waals surface area contributed by atoms with E-state index in [4.69, 9.17) is 4.98 Å². The Hall–Kier alpha value is -4.20. The number of hydrogen-bond donors (Lipinski definition) is 2. The molecule has 39 heavy (non-hydrogen) atoms. The summed E-state index contributed by atoms with van der Waals surface area (Å²) in [4.78, 5) is 33.0. The molecule has 0 aliphatic rings. The predicted octanol–water partition coefficient (Wildman–Crippen LogP) is 8.15. The van der Waals surface area contributed by atoms with Gasteiger partial charge in [0.25, 0.3) is 5.91 Å². The summed E-state index contributed by atoms with van der Waals surface area (Å²) < 4.78 is 0. The molecule has 0 aliphatic heterocycles. The van der Waals surface area contributed by atoms with Gasteiger partial charge in [-0.1, -0.05) is 84.4 Å². The highest BCUT2D eigenvalue weighted by Crippen LogP contribution is 2.38. The van der Waals surface area contributed by atoms with Gasteiger partial charge in [0.05, 0.1) is 5.69 Å². The zero-order valence-corrected chi connectivity index (χ0v) is 23.2. The summed E-state index contributed by atoms with van der Waals surface area (Å²) in [5, 5.41) is 6.07. The minimum atomic E-state index is -0.515. The molecular weight excluding hydrogens is 523 g/mol. The van der Waals surface area contributed by atoms with Gasteiger partial charge >= 0.3 is 0 Å². The van der Waals surface area contributed by atoms with Gasteiger partial charge in [-0.15, -0.1) is 23.1 Å². The number of hydrogen-bond acceptors (Lipinski definition) is 5. The van der Waals surface area contributed by atoms with Gasteiger partial charge in [0.15, 0.2) is 5.13 Å². The summed E-state index contributed by atoms with van der Waals surface area (Å²) in [7, 11) is 0. The van der Waals surface area contributed by atoms with E-state index in [1.54, 1.807) is 6.07 Å². The third kappa shape index (κ3) is 6.63. The van der Waals surface area contributed by atoms with E-state index in [2.05, 4.69) is 10.6 Å². The fourth-order valence-corrected chi connectivity index (χ4v) is 6.08. The molecule has 1 unspecified atom stereocenters. The highest BCUT2D eigenvalue weighted by atomic mass is 32.2. The predicted molar refractivity (Wildman–Crippen MR) is 162 cm³/mol. The second-order valence-corrected chi connectivity index (χ2v) is 11.4. The van der Waals surface area contributed by atoms with E-state index in [9.17, 15) is 9.59 Å². The first-order chi connectivity index (χ1) is 19.0. The minimum Gasteiger partial charge on any atom is -0.322 e. The summed E-state index contributed by atoms with van der Waals surface area (Å²) in [6.45, 7) is 3.97. The molecule has 7 heteroatoms. The molecule has 1 heterocycles. The van der Waals surface area contributed by atoms with Gasteiger partial charge in [-0.3, -0.25) is 9.59 Å². The van der Waals surface area contributed by atoms with Gasteiger partial charge in [0, 0.05) is 26.6 Å². The van der Waals surface area contributed by atoms with Crippen molar-refractivity contribution in [1.82, 2.24) is 4.98 Å². The van der Waals surface area contributed by atoms with Crippen LogP contribution in [0.1, 0.15) is 31.6 Å². The molecule has 1 atom stereocenters. The molecule has 5 aromatic rings. The van der Waals surface area contributed by atoms with Crippen LogP contribution in [0.3, 0.4) is 0 Å². The summed E-state index contributed by atoms with van der Waals surface area (Å²) in [6.07, 6.45) is 0. The number of thiazole rings is 1. The van der Waals surface area contributed by atoms with Crippen LogP contribution in [0.2, 0.25) is 0 Å². The number of aryl methyl sites for hydroxylation is 2. The lowest BCUT2D eigenvalue weighted by Gasteiger charge is -2.17. The Bertz CT molecular complexity index is 1600. The lowest BCUT2D eigenvalue weighted by molar-refractivity contribution is -0.115. The normalized spacial score (nSPS) is 11.5. The molecule has 5 nitrogen and oxygen atoms in total. The molecule has 0 bridgehead atoms. The number of nitrogens with one attached hydrogen (secondary N) is 2. The Kier molecular flexibility index (Phi) is 8.20. The van der Waals surface area contributed by atoms with Gasteiger partial charge in [0.2, 0.25) is 5.91 Å². The van der Waals surface area contributed by atoms with Crippen LogP contribution in [0.25, 0.3) is 11.3 Å². The van der Waals surface area contributed by atoms with Gasteiger partial charge in [-0.25, -0.2) is 4.98 Å². The quantitative estimate of drug-likeness (QED) is 0.192. The van der Waals surface area contributed by atoms with E-state index in [0.717, 1.165) is 32.2 Å². The van der Waals surface area contributed by atoms with Crippen LogP contribution in [0.5, 0.6) is 0 Å². The summed E-state index contributed by atoms with van der Waals surface area (Å²) in [5.41, 5.74) is 5.06. The van der Waals surface area contributed by atoms with Gasteiger partial charge in [-0.2, -0.15) is 0 Å². The van der Waals surface area contributed by atoms with Crippen molar-refractivity contribution < 1.29 is 9.59 Å². The molecule has 0 saturated carbocycles. The SMILES string of the molecule is Cc1cccc(C(=O)Nc2cccc(SC(C(=O)Nc3nc(-c4ccccc4)c(C)s3)c3ccccc3)c2)c1. The number of carbonyl (C=O) groups is 2. The second-order valence-electron chi connectivity index (χ2n) is 9.04. The third-order valence-corrected chi connectivity index (χ3v) is 8.17. The van der Waals surface area contributed by atoms with Crippen molar-refractivity contribution in [1.29, 1.82) is 0 Å². The number of rotatable bonds is 8. The molecule has 0 radical (unpaired) electrons. The van der Waals surface area contributed by atoms with Crippen LogP contribution in [0, 0.1) is 13.8 Å². The van der Waals surface area contributed by atoms with Gasteiger partial charge < -0.3 is 10.6 Å². The van der Waals surface area contributed by atoms with Crippen molar-refractivity contribution in [2.24, 2.45) is 0 Å². The lowest BCUT2D eigenvalue weighted by Crippen LogP contribution is -2.19. The Morgan fingerprint density at radius 3 is 2.26 bits per heavy atom. The molecule has 1 aromatic heterocycles. The van der Waals surface area contributed by atoms with Crippen molar-refractivity contribution in [3.8, 4) is 11.3 Å². The summed E-state index contributed by atoms with van der Waals surface area (Å²) in [6, 6.07) is 34.7. The molecule has 4 aromatic carbocycles. The maximum atomic E-state index is 13.6. The van der Waals surface area contributed by atoms with E-state index >= 15 is 0 Å². The van der Waals surface area contributed by atoms with E-state index in [1.165, 1.54) is 23.1 Å². The molecule has 2 N–H and O–H groups in total. The Labute approximate surface area is 236 Å². The monoisotopic (exact) mass is 549 g/mol. The molecule has 0 aliphatic carbocycles. The molecule has 5 rings (SSSR count). The van der Waals surface area contributed by atoms with Crippen LogP contribution in [0.15, 0.2) is 114 Å². The summed E-state index contributed by atoms with van der Waals surface area (Å²) >= 11 is 2.89. The number of amides is 2. The minimum absolute atomic E-state index is 0.159. The highest BCUT2D eigenvalue weighted by Gasteiger charge is 2.24. The van der Waals surface area contributed by atoms with Crippen LogP contribution in [-0.4, -0.2) is 16.8 Å². The Morgan fingerprint density at radius 1 is 0.795 bits per heavy atom. The second kappa shape index (κ2) is 12.1. The smallest absolute Gasteiger partial charge is 0.255 e. The fraction of sp³-hybridized carbons (Fsp3) is 0.0938. The van der Waals surface area contributed by atoms with Crippen molar-refractivity contribution in [3.63, 3.8) is 0 Å². The average molecular weight is 550 g/mol. The molecule has 0 fully saturated rings. The van der Waals surface area contributed by atoms with Crippen molar-refractivity contribution in [2.45, 2.75) is 24.0 Å². The first-order valence-corrected chi connectivity index (χ1v) is 14.2. The number of nitrogens with zero attached hydrogens (tertiary/aromatic N) is 1. The molecule has 0 spiro atoms. The molecule has 2 amide bonds. The fourth-order valence-electron chi connectivity index (χ4n) is 4.16.